The highest BCUT2D eigenvalue weighted by Gasteiger charge is 2.38. The Balaban J connectivity index is 1.76. The number of nitrogens with one attached hydrogen (secondary N) is 2. The van der Waals surface area contributed by atoms with Crippen molar-refractivity contribution >= 4 is 28.8 Å². The van der Waals surface area contributed by atoms with Crippen molar-refractivity contribution in [1.82, 2.24) is 9.97 Å². The summed E-state index contributed by atoms with van der Waals surface area (Å²) in [5.41, 5.74) is -0.0815. The molecule has 2 aromatic heterocycles. The average Bonchev–Trinajstić information content (AvgIpc) is 2.79. The Hall–Kier alpha value is -3.89. The van der Waals surface area contributed by atoms with E-state index in [2.05, 4.69) is 15.3 Å². The number of aromatic amines is 1. The van der Waals surface area contributed by atoms with E-state index in [-0.39, 0.29) is 23.5 Å². The number of fused-ring (bicyclic) bond motifs is 8. The molecule has 3 aromatic rings. The molecule has 0 saturated carbocycles. The first kappa shape index (κ1) is 21.0. The van der Waals surface area contributed by atoms with Gasteiger partial charge in [0.15, 0.2) is 0 Å². The predicted octanol–water partition coefficient (Wildman–Crippen LogP) is 4.04. The molecule has 5 rings (SSSR count). The first-order chi connectivity index (χ1) is 15.7. The Morgan fingerprint density at radius 1 is 0.970 bits per heavy atom. The molecule has 11 heteroatoms. The average molecular weight is 459 g/mol. The lowest BCUT2D eigenvalue weighted by molar-refractivity contribution is -0.141. The molecule has 170 valence electrons. The number of hydrogen-bond acceptors (Lipinski definition) is 5. The summed E-state index contributed by atoms with van der Waals surface area (Å²) in [6.45, 7) is 0.268. The van der Waals surface area contributed by atoms with Crippen molar-refractivity contribution in [3.63, 3.8) is 0 Å². The monoisotopic (exact) mass is 459 g/mol. The Bertz CT molecular complexity index is 1320. The van der Waals surface area contributed by atoms with E-state index in [1.165, 1.54) is 35.2 Å². The largest absolute Gasteiger partial charge is 0.433 e. The number of hydrogen-bond donors (Lipinski definition) is 2. The van der Waals surface area contributed by atoms with Crippen molar-refractivity contribution in [3.05, 3.63) is 75.6 Å². The summed E-state index contributed by atoms with van der Waals surface area (Å²) in [5, 5.41) is 3.10. The third-order valence-electron chi connectivity index (χ3n) is 5.67. The number of pyridine rings is 2. The van der Waals surface area contributed by atoms with Gasteiger partial charge in [0, 0.05) is 24.5 Å². The van der Waals surface area contributed by atoms with Crippen LogP contribution in [-0.2, 0) is 12.6 Å². The van der Waals surface area contributed by atoms with Gasteiger partial charge in [-0.25, -0.2) is 4.39 Å². The topological polar surface area (TPSA) is 81.3 Å². The third kappa shape index (κ3) is 3.69. The van der Waals surface area contributed by atoms with Crippen LogP contribution in [0.15, 0.2) is 47.4 Å². The number of alkyl halides is 3. The SMILES string of the molecule is O=C1c2cnc(C(F)(F)F)cc2N2CN1c1ccc(=O)[nH]c1NCCCc1cc(F)ccc12. The van der Waals surface area contributed by atoms with Crippen LogP contribution in [0.3, 0.4) is 0 Å². The third-order valence-corrected chi connectivity index (χ3v) is 5.67. The number of rotatable bonds is 0. The van der Waals surface area contributed by atoms with E-state index in [0.717, 1.165) is 12.3 Å². The minimum Gasteiger partial charge on any atom is -0.370 e. The second-order valence-corrected chi connectivity index (χ2v) is 7.77. The number of amides is 1. The van der Waals surface area contributed by atoms with Gasteiger partial charge in [-0.1, -0.05) is 0 Å². The molecule has 1 aromatic carbocycles. The summed E-state index contributed by atoms with van der Waals surface area (Å²) >= 11 is 0. The highest BCUT2D eigenvalue weighted by Crippen LogP contribution is 2.41. The molecule has 7 nitrogen and oxygen atoms in total. The molecular weight excluding hydrogens is 442 g/mol. The molecule has 2 aliphatic heterocycles. The van der Waals surface area contributed by atoms with Crippen LogP contribution in [0.2, 0.25) is 0 Å². The zero-order valence-corrected chi connectivity index (χ0v) is 17.0. The second-order valence-electron chi connectivity index (χ2n) is 7.77. The molecule has 2 bridgehead atoms. The lowest BCUT2D eigenvalue weighted by atomic mass is 10.0. The summed E-state index contributed by atoms with van der Waals surface area (Å²) in [4.78, 5) is 34.3. The number of aryl methyl sites for hydroxylation is 1. The molecule has 33 heavy (non-hydrogen) atoms. The van der Waals surface area contributed by atoms with Crippen molar-refractivity contribution in [2.45, 2.75) is 19.0 Å². The van der Waals surface area contributed by atoms with Gasteiger partial charge in [0.05, 0.1) is 16.9 Å². The van der Waals surface area contributed by atoms with Crippen molar-refractivity contribution in [3.8, 4) is 0 Å². The van der Waals surface area contributed by atoms with Crippen molar-refractivity contribution in [1.29, 1.82) is 0 Å². The maximum Gasteiger partial charge on any atom is 0.433 e. The summed E-state index contributed by atoms with van der Waals surface area (Å²) in [5.74, 6) is -0.725. The van der Waals surface area contributed by atoms with Crippen molar-refractivity contribution < 1.29 is 22.4 Å². The van der Waals surface area contributed by atoms with Crippen LogP contribution in [0.4, 0.5) is 40.4 Å². The summed E-state index contributed by atoms with van der Waals surface area (Å²) in [6.07, 6.45) is -2.83. The van der Waals surface area contributed by atoms with Gasteiger partial charge in [-0.15, -0.1) is 0 Å². The molecule has 0 saturated heterocycles. The number of aromatic nitrogens is 2. The van der Waals surface area contributed by atoms with E-state index in [4.69, 9.17) is 0 Å². The molecule has 0 radical (unpaired) electrons. The predicted molar refractivity (Wildman–Crippen MR) is 113 cm³/mol. The number of benzene rings is 1. The van der Waals surface area contributed by atoms with E-state index in [0.29, 0.717) is 42.1 Å². The van der Waals surface area contributed by atoms with Gasteiger partial charge < -0.3 is 15.2 Å². The van der Waals surface area contributed by atoms with Gasteiger partial charge in [-0.05, 0) is 48.7 Å². The second kappa shape index (κ2) is 7.61. The highest BCUT2D eigenvalue weighted by molar-refractivity contribution is 6.13. The van der Waals surface area contributed by atoms with Crippen LogP contribution in [0.25, 0.3) is 0 Å². The van der Waals surface area contributed by atoms with Crippen LogP contribution in [0.1, 0.15) is 28.0 Å². The van der Waals surface area contributed by atoms with Gasteiger partial charge in [0.25, 0.3) is 5.91 Å². The lowest BCUT2D eigenvalue weighted by Gasteiger charge is -2.39. The van der Waals surface area contributed by atoms with E-state index in [1.807, 2.05) is 0 Å². The van der Waals surface area contributed by atoms with Crippen LogP contribution in [-0.4, -0.2) is 29.1 Å². The zero-order chi connectivity index (χ0) is 23.3. The van der Waals surface area contributed by atoms with Crippen LogP contribution >= 0.6 is 0 Å². The molecule has 2 aliphatic rings. The van der Waals surface area contributed by atoms with Crippen LogP contribution < -0.4 is 20.7 Å². The van der Waals surface area contributed by atoms with Crippen molar-refractivity contribution in [2.24, 2.45) is 0 Å². The molecule has 0 aliphatic carbocycles. The molecule has 1 amide bonds. The molecule has 4 heterocycles. The van der Waals surface area contributed by atoms with E-state index in [9.17, 15) is 27.2 Å². The Morgan fingerprint density at radius 3 is 2.55 bits per heavy atom. The summed E-state index contributed by atoms with van der Waals surface area (Å²) in [6, 6.07) is 7.65. The Morgan fingerprint density at radius 2 is 1.76 bits per heavy atom. The zero-order valence-electron chi connectivity index (χ0n) is 17.0. The number of carbonyl (C=O) groups is 1. The first-order valence-electron chi connectivity index (χ1n) is 10.1. The fourth-order valence-corrected chi connectivity index (χ4v) is 4.14. The molecule has 2 N–H and O–H groups in total. The van der Waals surface area contributed by atoms with Gasteiger partial charge in [0.2, 0.25) is 5.56 Å². The maximum atomic E-state index is 14.1. The number of H-pyrrole nitrogens is 1. The van der Waals surface area contributed by atoms with E-state index in [1.54, 1.807) is 4.90 Å². The molecular formula is C22H17F4N5O2. The van der Waals surface area contributed by atoms with Gasteiger partial charge in [-0.2, -0.15) is 13.2 Å². The fraction of sp³-hybridized carbons (Fsp3) is 0.227. The summed E-state index contributed by atoms with van der Waals surface area (Å²) < 4.78 is 54.3. The van der Waals surface area contributed by atoms with E-state index < -0.39 is 23.6 Å². The van der Waals surface area contributed by atoms with E-state index >= 15 is 0 Å². The minimum atomic E-state index is -4.70. The maximum absolute atomic E-state index is 14.1. The number of nitrogens with zero attached hydrogens (tertiary/aromatic N) is 3. The van der Waals surface area contributed by atoms with Crippen molar-refractivity contribution in [2.75, 3.05) is 28.3 Å². The molecule has 0 atom stereocenters. The van der Waals surface area contributed by atoms with Crippen LogP contribution in [0.5, 0.6) is 0 Å². The Labute approximate surface area is 184 Å². The Kier molecular flexibility index (Phi) is 4.84. The van der Waals surface area contributed by atoms with Crippen LogP contribution in [0, 0.1) is 5.82 Å². The van der Waals surface area contributed by atoms with Gasteiger partial charge in [0.1, 0.15) is 24.0 Å². The number of halogens is 4. The number of carbonyl (C=O) groups excluding carboxylic acids is 1. The lowest BCUT2D eigenvalue weighted by Crippen LogP contribution is -2.46. The number of anilines is 4. The first-order valence-corrected chi connectivity index (χ1v) is 10.1. The molecule has 0 unspecified atom stereocenters. The fourth-order valence-electron chi connectivity index (χ4n) is 4.14. The normalized spacial score (nSPS) is 15.7. The minimum absolute atomic E-state index is 0.0320. The molecule has 0 fully saturated rings. The standard InChI is InChI=1S/C22H17F4N5O2/c23-13-3-4-15-12(8-13)2-1-7-27-20-16(5-6-19(32)29-20)31-11-30(15)17-9-18(22(24,25)26)28-10-14(17)21(31)33/h3-6,8-10H,1-2,7,11H2,(H2,27,29,32). The smallest absolute Gasteiger partial charge is 0.370 e. The van der Waals surface area contributed by atoms with Gasteiger partial charge >= 0.3 is 6.18 Å². The molecule has 0 spiro atoms. The quantitative estimate of drug-likeness (QED) is 0.496. The summed E-state index contributed by atoms with van der Waals surface area (Å²) in [7, 11) is 0. The highest BCUT2D eigenvalue weighted by atomic mass is 19.4. The van der Waals surface area contributed by atoms with Gasteiger partial charge in [-0.3, -0.25) is 19.5 Å².